The molecule has 0 saturated carbocycles. The molecule has 0 unspecified atom stereocenters. The number of tetrazole rings is 1. The molecule has 0 aliphatic rings. The van der Waals surface area contributed by atoms with E-state index in [9.17, 15) is 4.79 Å². The van der Waals surface area contributed by atoms with Crippen LogP contribution < -0.4 is 5.32 Å². The molecule has 0 aromatic carbocycles. The van der Waals surface area contributed by atoms with Crippen LogP contribution in [0.4, 0.5) is 0 Å². The molecular formula is C10H19N5O. The molecule has 6 nitrogen and oxygen atoms in total. The van der Waals surface area contributed by atoms with E-state index >= 15 is 0 Å². The standard InChI is InChI=1S/C10H19N5O/c1-7(2)11-8(16)6-15-9(10(3,4)5)12-13-14-15/h7H,6H2,1-5H3,(H,11,16). The zero-order chi connectivity index (χ0) is 12.3. The summed E-state index contributed by atoms with van der Waals surface area (Å²) in [6.07, 6.45) is 0. The number of hydrogen-bond donors (Lipinski definition) is 1. The first-order chi connectivity index (χ1) is 7.30. The van der Waals surface area contributed by atoms with E-state index in [1.54, 1.807) is 0 Å². The molecule has 1 amide bonds. The van der Waals surface area contributed by atoms with Crippen molar-refractivity contribution in [3.05, 3.63) is 5.82 Å². The lowest BCUT2D eigenvalue weighted by Gasteiger charge is -2.17. The quantitative estimate of drug-likeness (QED) is 0.812. The van der Waals surface area contributed by atoms with Crippen molar-refractivity contribution in [3.63, 3.8) is 0 Å². The molecule has 0 aliphatic heterocycles. The number of nitrogens with zero attached hydrogens (tertiary/aromatic N) is 4. The van der Waals surface area contributed by atoms with Crippen LogP contribution in [0.2, 0.25) is 0 Å². The molecule has 0 saturated heterocycles. The number of carbonyl (C=O) groups excluding carboxylic acids is 1. The van der Waals surface area contributed by atoms with E-state index in [0.29, 0.717) is 5.82 Å². The molecular weight excluding hydrogens is 206 g/mol. The van der Waals surface area contributed by atoms with Gasteiger partial charge in [0.2, 0.25) is 5.91 Å². The van der Waals surface area contributed by atoms with Gasteiger partial charge in [0.1, 0.15) is 6.54 Å². The highest BCUT2D eigenvalue weighted by Crippen LogP contribution is 2.18. The summed E-state index contributed by atoms with van der Waals surface area (Å²) < 4.78 is 1.54. The average molecular weight is 225 g/mol. The maximum atomic E-state index is 11.6. The van der Waals surface area contributed by atoms with Crippen LogP contribution in [0.1, 0.15) is 40.4 Å². The van der Waals surface area contributed by atoms with Gasteiger partial charge in [-0.1, -0.05) is 20.8 Å². The van der Waals surface area contributed by atoms with E-state index in [1.807, 2.05) is 34.6 Å². The van der Waals surface area contributed by atoms with Crippen molar-refractivity contribution in [2.24, 2.45) is 0 Å². The van der Waals surface area contributed by atoms with Gasteiger partial charge in [0.15, 0.2) is 5.82 Å². The Balaban J connectivity index is 2.75. The van der Waals surface area contributed by atoms with Gasteiger partial charge < -0.3 is 5.32 Å². The summed E-state index contributed by atoms with van der Waals surface area (Å²) >= 11 is 0. The van der Waals surface area contributed by atoms with E-state index in [-0.39, 0.29) is 23.9 Å². The molecule has 1 N–H and O–H groups in total. The van der Waals surface area contributed by atoms with E-state index in [0.717, 1.165) is 0 Å². The molecule has 0 bridgehead atoms. The fourth-order valence-electron chi connectivity index (χ4n) is 1.35. The number of aromatic nitrogens is 4. The SMILES string of the molecule is CC(C)NC(=O)Cn1nnnc1C(C)(C)C. The summed E-state index contributed by atoms with van der Waals surface area (Å²) in [6.45, 7) is 10.0. The Labute approximate surface area is 95.4 Å². The Bertz CT molecular complexity index is 364. The van der Waals surface area contributed by atoms with Gasteiger partial charge in [-0.15, -0.1) is 5.10 Å². The molecule has 1 heterocycles. The normalized spacial score (nSPS) is 11.9. The summed E-state index contributed by atoms with van der Waals surface area (Å²) in [5, 5.41) is 14.2. The second kappa shape index (κ2) is 4.59. The third-order valence-electron chi connectivity index (χ3n) is 1.95. The van der Waals surface area contributed by atoms with E-state index < -0.39 is 0 Å². The van der Waals surface area contributed by atoms with Gasteiger partial charge in [0, 0.05) is 11.5 Å². The van der Waals surface area contributed by atoms with Gasteiger partial charge in [-0.3, -0.25) is 4.79 Å². The molecule has 0 aliphatic carbocycles. The van der Waals surface area contributed by atoms with Gasteiger partial charge in [0.05, 0.1) is 0 Å². The number of carbonyl (C=O) groups is 1. The van der Waals surface area contributed by atoms with Crippen molar-refractivity contribution in [3.8, 4) is 0 Å². The van der Waals surface area contributed by atoms with Crippen LogP contribution in [0, 0.1) is 0 Å². The molecule has 1 aromatic heterocycles. The Morgan fingerprint density at radius 1 is 1.44 bits per heavy atom. The monoisotopic (exact) mass is 225 g/mol. The molecule has 90 valence electrons. The summed E-state index contributed by atoms with van der Waals surface area (Å²) in [5.74, 6) is 0.638. The lowest BCUT2D eigenvalue weighted by atomic mass is 9.96. The Hall–Kier alpha value is -1.46. The van der Waals surface area contributed by atoms with Crippen LogP contribution in [0.25, 0.3) is 0 Å². The van der Waals surface area contributed by atoms with Crippen molar-refractivity contribution in [2.45, 2.75) is 52.6 Å². The summed E-state index contributed by atoms with van der Waals surface area (Å²) in [5.41, 5.74) is -0.165. The van der Waals surface area contributed by atoms with E-state index in [1.165, 1.54) is 4.68 Å². The number of rotatable bonds is 3. The van der Waals surface area contributed by atoms with Gasteiger partial charge in [-0.25, -0.2) is 4.68 Å². The smallest absolute Gasteiger partial charge is 0.242 e. The van der Waals surface area contributed by atoms with Crippen LogP contribution in [-0.4, -0.2) is 32.2 Å². The molecule has 1 rings (SSSR count). The summed E-state index contributed by atoms with van der Waals surface area (Å²) in [6, 6.07) is 0.127. The minimum atomic E-state index is -0.165. The van der Waals surface area contributed by atoms with Crippen molar-refractivity contribution < 1.29 is 4.79 Å². The molecule has 16 heavy (non-hydrogen) atoms. The number of hydrogen-bond acceptors (Lipinski definition) is 4. The van der Waals surface area contributed by atoms with Crippen molar-refractivity contribution in [2.75, 3.05) is 0 Å². The van der Waals surface area contributed by atoms with Crippen LogP contribution in [-0.2, 0) is 16.8 Å². The fourth-order valence-corrected chi connectivity index (χ4v) is 1.35. The zero-order valence-corrected chi connectivity index (χ0v) is 10.5. The molecule has 0 fully saturated rings. The van der Waals surface area contributed by atoms with Crippen molar-refractivity contribution in [1.29, 1.82) is 0 Å². The van der Waals surface area contributed by atoms with Crippen LogP contribution in [0.3, 0.4) is 0 Å². The van der Waals surface area contributed by atoms with E-state index in [4.69, 9.17) is 0 Å². The highest BCUT2D eigenvalue weighted by molar-refractivity contribution is 5.75. The van der Waals surface area contributed by atoms with Gasteiger partial charge >= 0.3 is 0 Å². The Morgan fingerprint density at radius 2 is 2.06 bits per heavy atom. The lowest BCUT2D eigenvalue weighted by molar-refractivity contribution is -0.122. The third-order valence-corrected chi connectivity index (χ3v) is 1.95. The van der Waals surface area contributed by atoms with Crippen molar-refractivity contribution >= 4 is 5.91 Å². The lowest BCUT2D eigenvalue weighted by Crippen LogP contribution is -2.34. The predicted octanol–water partition coefficient (Wildman–Crippen LogP) is 0.495. The minimum Gasteiger partial charge on any atom is -0.352 e. The van der Waals surface area contributed by atoms with Gasteiger partial charge in [-0.2, -0.15) is 0 Å². The second-order valence-electron chi connectivity index (χ2n) is 5.13. The maximum absolute atomic E-state index is 11.6. The first-order valence-electron chi connectivity index (χ1n) is 5.36. The molecule has 6 heteroatoms. The first kappa shape index (κ1) is 12.6. The maximum Gasteiger partial charge on any atom is 0.242 e. The van der Waals surface area contributed by atoms with Crippen molar-refractivity contribution in [1.82, 2.24) is 25.5 Å². The zero-order valence-electron chi connectivity index (χ0n) is 10.5. The average Bonchev–Trinajstić information content (AvgIpc) is 2.48. The first-order valence-corrected chi connectivity index (χ1v) is 5.36. The van der Waals surface area contributed by atoms with Gasteiger partial charge in [0.25, 0.3) is 0 Å². The molecule has 0 atom stereocenters. The fraction of sp³-hybridized carbons (Fsp3) is 0.800. The minimum absolute atomic E-state index is 0.0761. The molecule has 0 spiro atoms. The Kier molecular flexibility index (Phi) is 3.62. The van der Waals surface area contributed by atoms with Crippen LogP contribution in [0.5, 0.6) is 0 Å². The highest BCUT2D eigenvalue weighted by Gasteiger charge is 2.22. The molecule has 0 radical (unpaired) electrons. The molecule has 1 aromatic rings. The number of amides is 1. The van der Waals surface area contributed by atoms with Crippen LogP contribution in [0.15, 0.2) is 0 Å². The van der Waals surface area contributed by atoms with E-state index in [2.05, 4.69) is 20.8 Å². The van der Waals surface area contributed by atoms with Gasteiger partial charge in [-0.05, 0) is 24.3 Å². The summed E-state index contributed by atoms with van der Waals surface area (Å²) in [7, 11) is 0. The second-order valence-corrected chi connectivity index (χ2v) is 5.13. The van der Waals surface area contributed by atoms with Crippen LogP contribution >= 0.6 is 0 Å². The highest BCUT2D eigenvalue weighted by atomic mass is 16.2. The predicted molar refractivity (Wildman–Crippen MR) is 59.8 cm³/mol. The third kappa shape index (κ3) is 3.29. The topological polar surface area (TPSA) is 72.7 Å². The number of nitrogens with one attached hydrogen (secondary N) is 1. The summed E-state index contributed by atoms with van der Waals surface area (Å²) in [4.78, 5) is 11.6. The Morgan fingerprint density at radius 3 is 2.56 bits per heavy atom. The largest absolute Gasteiger partial charge is 0.352 e.